The van der Waals surface area contributed by atoms with Crippen LogP contribution in [0, 0.1) is 10.1 Å². The molecule has 0 aliphatic rings. The summed E-state index contributed by atoms with van der Waals surface area (Å²) < 4.78 is 5.04. The molecule has 0 bridgehead atoms. The molecular formula is C15H14N2O6S. The van der Waals surface area contributed by atoms with Gasteiger partial charge in [-0.25, -0.2) is 4.79 Å². The maximum Gasteiger partial charge on any atom is 0.407 e. The van der Waals surface area contributed by atoms with E-state index < -0.39 is 29.4 Å². The van der Waals surface area contributed by atoms with Crippen molar-refractivity contribution in [1.82, 2.24) is 5.32 Å². The van der Waals surface area contributed by atoms with Crippen LogP contribution in [0.15, 0.2) is 42.5 Å². The van der Waals surface area contributed by atoms with Gasteiger partial charge in [-0.3, -0.25) is 14.9 Å². The Morgan fingerprint density at radius 1 is 1.25 bits per heavy atom. The zero-order valence-corrected chi connectivity index (χ0v) is 13.2. The van der Waals surface area contributed by atoms with Gasteiger partial charge in [0.05, 0.1) is 17.4 Å². The van der Waals surface area contributed by atoms with Crippen LogP contribution in [0.3, 0.4) is 0 Å². The van der Waals surface area contributed by atoms with E-state index in [1.54, 1.807) is 24.3 Å². The summed E-state index contributed by atoms with van der Waals surface area (Å²) in [5.74, 6) is -1.14. The summed E-state index contributed by atoms with van der Waals surface area (Å²) in [5.41, 5.74) is 0.786. The molecule has 0 spiro atoms. The standard InChI is InChI=1S/C15H14N2O6S/c18-14(19)8-11(12-6-7-13(24-12)17(21)22)16-15(20)23-9-10-4-2-1-3-5-10/h1-7,11H,8-9H2,(H,16,20)(H,18,19)/t11-/m0/s1. The number of nitrogens with zero attached hydrogens (tertiary/aromatic N) is 1. The van der Waals surface area contributed by atoms with Gasteiger partial charge in [0.15, 0.2) is 0 Å². The van der Waals surface area contributed by atoms with E-state index in [0.29, 0.717) is 4.88 Å². The Kier molecular flexibility index (Phi) is 5.85. The third-order valence-electron chi connectivity index (χ3n) is 3.02. The van der Waals surface area contributed by atoms with Gasteiger partial charge in [0.25, 0.3) is 0 Å². The summed E-state index contributed by atoms with van der Waals surface area (Å²) in [4.78, 5) is 33.4. The molecule has 2 rings (SSSR count). The lowest BCUT2D eigenvalue weighted by Crippen LogP contribution is -2.30. The van der Waals surface area contributed by atoms with Crippen LogP contribution in [-0.2, 0) is 16.1 Å². The molecule has 1 amide bonds. The van der Waals surface area contributed by atoms with Gasteiger partial charge in [0.2, 0.25) is 0 Å². The zero-order chi connectivity index (χ0) is 17.5. The summed E-state index contributed by atoms with van der Waals surface area (Å²) in [6, 6.07) is 10.8. The van der Waals surface area contributed by atoms with Crippen molar-refractivity contribution in [2.75, 3.05) is 0 Å². The molecule has 1 atom stereocenters. The van der Waals surface area contributed by atoms with E-state index in [9.17, 15) is 19.7 Å². The molecule has 2 N–H and O–H groups in total. The Balaban J connectivity index is 2.00. The predicted molar refractivity (Wildman–Crippen MR) is 85.7 cm³/mol. The molecule has 126 valence electrons. The van der Waals surface area contributed by atoms with Crippen molar-refractivity contribution in [2.45, 2.75) is 19.1 Å². The molecule has 0 saturated heterocycles. The fourth-order valence-corrected chi connectivity index (χ4v) is 2.80. The van der Waals surface area contributed by atoms with E-state index in [1.165, 1.54) is 12.1 Å². The molecule has 0 unspecified atom stereocenters. The van der Waals surface area contributed by atoms with Crippen LogP contribution in [0.1, 0.15) is 22.9 Å². The van der Waals surface area contributed by atoms with Crippen molar-refractivity contribution in [3.05, 3.63) is 63.0 Å². The van der Waals surface area contributed by atoms with Crippen LogP contribution in [-0.4, -0.2) is 22.1 Å². The summed E-state index contributed by atoms with van der Waals surface area (Å²) in [6.45, 7) is 0.0387. The highest BCUT2D eigenvalue weighted by molar-refractivity contribution is 7.15. The molecular weight excluding hydrogens is 336 g/mol. The second kappa shape index (κ2) is 8.06. The number of benzene rings is 1. The monoisotopic (exact) mass is 350 g/mol. The number of hydrogen-bond donors (Lipinski definition) is 2. The van der Waals surface area contributed by atoms with Crippen molar-refractivity contribution in [1.29, 1.82) is 0 Å². The Hall–Kier alpha value is -2.94. The Morgan fingerprint density at radius 3 is 2.54 bits per heavy atom. The number of amides is 1. The Bertz CT molecular complexity index is 731. The van der Waals surface area contributed by atoms with Crippen molar-refractivity contribution >= 4 is 28.4 Å². The maximum absolute atomic E-state index is 11.9. The maximum atomic E-state index is 11.9. The second-order valence-electron chi connectivity index (χ2n) is 4.79. The minimum atomic E-state index is -1.14. The first-order valence-corrected chi connectivity index (χ1v) is 7.70. The van der Waals surface area contributed by atoms with Crippen molar-refractivity contribution in [2.24, 2.45) is 0 Å². The number of thiophene rings is 1. The average molecular weight is 350 g/mol. The molecule has 0 aliphatic carbocycles. The first-order valence-electron chi connectivity index (χ1n) is 6.89. The third-order valence-corrected chi connectivity index (χ3v) is 4.17. The van der Waals surface area contributed by atoms with E-state index in [4.69, 9.17) is 9.84 Å². The van der Waals surface area contributed by atoms with Crippen LogP contribution in [0.25, 0.3) is 0 Å². The number of carboxylic acid groups (broad SMARTS) is 1. The highest BCUT2D eigenvalue weighted by atomic mass is 32.1. The number of nitro groups is 1. The second-order valence-corrected chi connectivity index (χ2v) is 5.88. The smallest absolute Gasteiger partial charge is 0.407 e. The Morgan fingerprint density at radius 2 is 1.96 bits per heavy atom. The van der Waals surface area contributed by atoms with Gasteiger partial charge in [-0.15, -0.1) is 0 Å². The first kappa shape index (κ1) is 17.4. The van der Waals surface area contributed by atoms with Gasteiger partial charge in [-0.2, -0.15) is 0 Å². The highest BCUT2D eigenvalue weighted by Crippen LogP contribution is 2.30. The van der Waals surface area contributed by atoms with Crippen LogP contribution in [0.2, 0.25) is 0 Å². The lowest BCUT2D eigenvalue weighted by Gasteiger charge is -2.15. The van der Waals surface area contributed by atoms with E-state index in [2.05, 4.69) is 5.32 Å². The predicted octanol–water partition coefficient (Wildman–Crippen LogP) is 3.10. The molecule has 8 nitrogen and oxygen atoms in total. The number of nitrogens with one attached hydrogen (secondary N) is 1. The molecule has 9 heteroatoms. The number of carboxylic acids is 1. The summed E-state index contributed by atoms with van der Waals surface area (Å²) in [5, 5.41) is 22.0. The van der Waals surface area contributed by atoms with Gasteiger partial charge in [-0.05, 0) is 11.6 Å². The van der Waals surface area contributed by atoms with E-state index in [-0.39, 0.29) is 11.6 Å². The number of ether oxygens (including phenoxy) is 1. The molecule has 1 heterocycles. The minimum absolute atomic E-state index is 0.0387. The van der Waals surface area contributed by atoms with Crippen LogP contribution >= 0.6 is 11.3 Å². The molecule has 1 aromatic heterocycles. The molecule has 0 radical (unpaired) electrons. The van der Waals surface area contributed by atoms with Gasteiger partial charge >= 0.3 is 17.1 Å². The number of aliphatic carboxylic acids is 1. The first-order chi connectivity index (χ1) is 11.5. The average Bonchev–Trinajstić information content (AvgIpc) is 3.03. The number of rotatable bonds is 7. The van der Waals surface area contributed by atoms with E-state index in [1.807, 2.05) is 6.07 Å². The minimum Gasteiger partial charge on any atom is -0.481 e. The quantitative estimate of drug-likeness (QED) is 0.585. The lowest BCUT2D eigenvalue weighted by molar-refractivity contribution is -0.380. The van der Waals surface area contributed by atoms with Crippen LogP contribution < -0.4 is 5.32 Å². The fourth-order valence-electron chi connectivity index (χ4n) is 1.93. The molecule has 1 aromatic carbocycles. The van der Waals surface area contributed by atoms with Crippen molar-refractivity contribution in [3.8, 4) is 0 Å². The number of hydrogen-bond acceptors (Lipinski definition) is 6. The fraction of sp³-hybridized carbons (Fsp3) is 0.200. The Labute approximate surface area is 140 Å². The molecule has 24 heavy (non-hydrogen) atoms. The SMILES string of the molecule is O=C(O)C[C@H](NC(=O)OCc1ccccc1)c1ccc([N+](=O)[O-])s1. The van der Waals surface area contributed by atoms with Crippen molar-refractivity contribution < 1.29 is 24.4 Å². The summed E-state index contributed by atoms with van der Waals surface area (Å²) in [7, 11) is 0. The molecule has 0 saturated carbocycles. The zero-order valence-electron chi connectivity index (χ0n) is 12.4. The summed E-state index contributed by atoms with van der Waals surface area (Å²) >= 11 is 0.815. The topological polar surface area (TPSA) is 119 Å². The lowest BCUT2D eigenvalue weighted by atomic mass is 10.2. The van der Waals surface area contributed by atoms with Gasteiger partial charge in [0, 0.05) is 10.9 Å². The number of carbonyl (C=O) groups is 2. The van der Waals surface area contributed by atoms with Gasteiger partial charge in [-0.1, -0.05) is 41.7 Å². The van der Waals surface area contributed by atoms with Crippen molar-refractivity contribution in [3.63, 3.8) is 0 Å². The highest BCUT2D eigenvalue weighted by Gasteiger charge is 2.23. The third kappa shape index (κ3) is 5.06. The molecule has 0 fully saturated rings. The molecule has 2 aromatic rings. The van der Waals surface area contributed by atoms with Gasteiger partial charge < -0.3 is 15.2 Å². The normalized spacial score (nSPS) is 11.5. The molecule has 0 aliphatic heterocycles. The number of carbonyl (C=O) groups excluding carboxylic acids is 1. The summed E-state index contributed by atoms with van der Waals surface area (Å²) in [6.07, 6.45) is -1.20. The van der Waals surface area contributed by atoms with Crippen LogP contribution in [0.5, 0.6) is 0 Å². The largest absolute Gasteiger partial charge is 0.481 e. The van der Waals surface area contributed by atoms with E-state index >= 15 is 0 Å². The number of alkyl carbamates (subject to hydrolysis) is 1. The van der Waals surface area contributed by atoms with Crippen LogP contribution in [0.4, 0.5) is 9.80 Å². The van der Waals surface area contributed by atoms with E-state index in [0.717, 1.165) is 16.9 Å². The van der Waals surface area contributed by atoms with Gasteiger partial charge in [0.1, 0.15) is 6.61 Å².